The van der Waals surface area contributed by atoms with Crippen LogP contribution in [-0.2, 0) is 10.8 Å². The summed E-state index contributed by atoms with van der Waals surface area (Å²) in [7, 11) is -2.01. The van der Waals surface area contributed by atoms with Crippen molar-refractivity contribution in [2.75, 3.05) is 5.73 Å². The van der Waals surface area contributed by atoms with Gasteiger partial charge in [0.05, 0.1) is 12.5 Å². The Hall–Kier alpha value is -1.01. The Morgan fingerprint density at radius 1 is 1.16 bits per heavy atom. The van der Waals surface area contributed by atoms with E-state index >= 15 is 0 Å². The summed E-state index contributed by atoms with van der Waals surface area (Å²) >= 11 is 0. The summed E-state index contributed by atoms with van der Waals surface area (Å²) in [4.78, 5) is 0. The molecule has 0 aromatic heterocycles. The molecule has 2 nitrogen and oxygen atoms in total. The molecule has 108 valence electrons. The van der Waals surface area contributed by atoms with Gasteiger partial charge in [-0.2, -0.15) is 13.2 Å². The summed E-state index contributed by atoms with van der Waals surface area (Å²) < 4.78 is 43.3. The van der Waals surface area contributed by atoms with E-state index in [1.54, 1.807) is 24.3 Å². The van der Waals surface area contributed by atoms with Crippen molar-refractivity contribution in [3.8, 4) is 0 Å². The van der Waals surface area contributed by atoms with Crippen molar-refractivity contribution in [3.63, 3.8) is 0 Å². The predicted molar refractivity (Wildman–Crippen MR) is 73.4 cm³/mol. The van der Waals surface area contributed by atoms with Gasteiger partial charge in [-0.25, -0.2) is 0 Å². The van der Waals surface area contributed by atoms with E-state index in [2.05, 4.69) is 0 Å². The molecule has 1 unspecified atom stereocenters. The van der Waals surface area contributed by atoms with Crippen molar-refractivity contribution in [2.24, 2.45) is 0 Å². The Balaban J connectivity index is 2.76. The summed E-state index contributed by atoms with van der Waals surface area (Å²) in [5.74, 6) is 0. The van der Waals surface area contributed by atoms with Crippen molar-refractivity contribution >= 4 is 14.0 Å². The minimum Gasteiger partial charge on any atom is -0.414 e. The lowest BCUT2D eigenvalue weighted by Gasteiger charge is -2.27. The van der Waals surface area contributed by atoms with E-state index < -0.39 is 27.0 Å². The molecule has 0 amide bonds. The van der Waals surface area contributed by atoms with Crippen LogP contribution in [0.15, 0.2) is 24.3 Å². The number of rotatable bonds is 5. The van der Waals surface area contributed by atoms with Crippen LogP contribution in [0.3, 0.4) is 0 Å². The van der Waals surface area contributed by atoms with Crippen LogP contribution in [0.5, 0.6) is 0 Å². The number of anilines is 1. The summed E-state index contributed by atoms with van der Waals surface area (Å²) in [6.07, 6.45) is -5.70. The van der Waals surface area contributed by atoms with Gasteiger partial charge in [-0.1, -0.05) is 12.1 Å². The quantitative estimate of drug-likeness (QED) is 0.658. The Kier molecular flexibility index (Phi) is 5.03. The van der Waals surface area contributed by atoms with E-state index in [-0.39, 0.29) is 6.42 Å². The standard InChI is InChI=1S/C13H20F3NOSi/c1-19(2,3)18-12(9-13(14,15)16)8-10-4-6-11(17)7-5-10/h4-7,12H,8-9,17H2,1-3H3. The molecular weight excluding hydrogens is 271 g/mol. The highest BCUT2D eigenvalue weighted by Crippen LogP contribution is 2.27. The van der Waals surface area contributed by atoms with Crippen molar-refractivity contribution < 1.29 is 17.6 Å². The molecule has 0 aliphatic heterocycles. The van der Waals surface area contributed by atoms with Gasteiger partial charge < -0.3 is 10.2 Å². The zero-order valence-electron chi connectivity index (χ0n) is 11.4. The molecule has 19 heavy (non-hydrogen) atoms. The van der Waals surface area contributed by atoms with Crippen LogP contribution >= 0.6 is 0 Å². The van der Waals surface area contributed by atoms with E-state index in [0.29, 0.717) is 5.69 Å². The number of nitrogens with two attached hydrogens (primary N) is 1. The lowest BCUT2D eigenvalue weighted by Crippen LogP contribution is -2.36. The second-order valence-electron chi connectivity index (χ2n) is 5.62. The van der Waals surface area contributed by atoms with Crippen LogP contribution < -0.4 is 5.73 Å². The number of nitrogen functional groups attached to an aromatic ring is 1. The molecule has 0 spiro atoms. The van der Waals surface area contributed by atoms with E-state index in [4.69, 9.17) is 10.2 Å². The van der Waals surface area contributed by atoms with E-state index in [1.807, 2.05) is 19.6 Å². The summed E-state index contributed by atoms with van der Waals surface area (Å²) in [5.41, 5.74) is 6.96. The first-order valence-corrected chi connectivity index (χ1v) is 9.55. The van der Waals surface area contributed by atoms with Gasteiger partial charge in [0, 0.05) is 5.69 Å². The minimum absolute atomic E-state index is 0.254. The molecule has 6 heteroatoms. The third kappa shape index (κ3) is 7.22. The second kappa shape index (κ2) is 5.96. The van der Waals surface area contributed by atoms with Gasteiger partial charge in [-0.3, -0.25) is 0 Å². The van der Waals surface area contributed by atoms with Gasteiger partial charge in [0.1, 0.15) is 0 Å². The zero-order chi connectivity index (χ0) is 14.7. The van der Waals surface area contributed by atoms with Crippen LogP contribution in [0.4, 0.5) is 18.9 Å². The molecule has 0 aliphatic carbocycles. The maximum absolute atomic E-state index is 12.6. The van der Waals surface area contributed by atoms with E-state index in [1.165, 1.54) is 0 Å². The van der Waals surface area contributed by atoms with Gasteiger partial charge in [0.25, 0.3) is 0 Å². The molecule has 0 aliphatic rings. The Morgan fingerprint density at radius 2 is 1.68 bits per heavy atom. The first-order chi connectivity index (χ1) is 8.55. The first kappa shape index (κ1) is 16.0. The summed E-state index contributed by atoms with van der Waals surface area (Å²) in [6, 6.07) is 6.86. The molecule has 0 heterocycles. The average molecular weight is 291 g/mol. The summed E-state index contributed by atoms with van der Waals surface area (Å²) in [5, 5.41) is 0. The van der Waals surface area contributed by atoms with Crippen molar-refractivity contribution in [1.82, 2.24) is 0 Å². The maximum Gasteiger partial charge on any atom is 0.391 e. The molecule has 1 rings (SSSR count). The normalized spacial score (nSPS) is 14.4. The lowest BCUT2D eigenvalue weighted by atomic mass is 10.1. The smallest absolute Gasteiger partial charge is 0.391 e. The number of halogens is 3. The SMILES string of the molecule is C[Si](C)(C)OC(Cc1ccc(N)cc1)CC(F)(F)F. The molecule has 2 N–H and O–H groups in total. The first-order valence-electron chi connectivity index (χ1n) is 6.14. The fraction of sp³-hybridized carbons (Fsp3) is 0.538. The average Bonchev–Trinajstić information content (AvgIpc) is 2.16. The topological polar surface area (TPSA) is 35.2 Å². The third-order valence-electron chi connectivity index (χ3n) is 2.42. The van der Waals surface area contributed by atoms with Crippen molar-refractivity contribution in [1.29, 1.82) is 0 Å². The molecule has 1 aromatic rings. The van der Waals surface area contributed by atoms with Gasteiger partial charge in [0.15, 0.2) is 8.32 Å². The van der Waals surface area contributed by atoms with Gasteiger partial charge >= 0.3 is 6.18 Å². The van der Waals surface area contributed by atoms with Crippen LogP contribution in [0.2, 0.25) is 19.6 Å². The molecule has 1 atom stereocenters. The van der Waals surface area contributed by atoms with Gasteiger partial charge in [-0.05, 0) is 43.8 Å². The molecule has 0 bridgehead atoms. The number of alkyl halides is 3. The zero-order valence-corrected chi connectivity index (χ0v) is 12.4. The minimum atomic E-state index is -4.21. The van der Waals surface area contributed by atoms with Crippen LogP contribution in [0, 0.1) is 0 Å². The second-order valence-corrected chi connectivity index (χ2v) is 10.1. The Morgan fingerprint density at radius 3 is 2.11 bits per heavy atom. The van der Waals surface area contributed by atoms with Crippen LogP contribution in [0.25, 0.3) is 0 Å². The molecule has 0 saturated carbocycles. The largest absolute Gasteiger partial charge is 0.414 e. The highest BCUT2D eigenvalue weighted by molar-refractivity contribution is 6.69. The van der Waals surface area contributed by atoms with Crippen LogP contribution in [0.1, 0.15) is 12.0 Å². The molecule has 1 aromatic carbocycles. The number of hydrogen-bond acceptors (Lipinski definition) is 2. The summed E-state index contributed by atoms with van der Waals surface area (Å²) in [6.45, 7) is 5.66. The molecular formula is C13H20F3NOSi. The molecule has 0 fully saturated rings. The Labute approximate surface area is 112 Å². The highest BCUT2D eigenvalue weighted by atomic mass is 28.4. The van der Waals surface area contributed by atoms with E-state index in [9.17, 15) is 13.2 Å². The third-order valence-corrected chi connectivity index (χ3v) is 3.46. The number of hydrogen-bond donors (Lipinski definition) is 1. The fourth-order valence-electron chi connectivity index (χ4n) is 1.83. The van der Waals surface area contributed by atoms with E-state index in [0.717, 1.165) is 5.56 Å². The van der Waals surface area contributed by atoms with Crippen molar-refractivity contribution in [3.05, 3.63) is 29.8 Å². The Bertz CT molecular complexity index is 382. The predicted octanol–water partition coefficient (Wildman–Crippen LogP) is 3.98. The van der Waals surface area contributed by atoms with Gasteiger partial charge in [0.2, 0.25) is 0 Å². The van der Waals surface area contributed by atoms with Crippen LogP contribution in [-0.4, -0.2) is 20.6 Å². The molecule has 0 radical (unpaired) electrons. The monoisotopic (exact) mass is 291 g/mol. The molecule has 0 saturated heterocycles. The van der Waals surface area contributed by atoms with Gasteiger partial charge in [-0.15, -0.1) is 0 Å². The van der Waals surface area contributed by atoms with Crippen molar-refractivity contribution in [2.45, 2.75) is 44.8 Å². The lowest BCUT2D eigenvalue weighted by molar-refractivity contribution is -0.151. The maximum atomic E-state index is 12.6. The highest BCUT2D eigenvalue weighted by Gasteiger charge is 2.34. The fourth-order valence-corrected chi connectivity index (χ4v) is 3.00. The number of benzene rings is 1.